The van der Waals surface area contributed by atoms with Crippen LogP contribution in [-0.2, 0) is 6.42 Å². The van der Waals surface area contributed by atoms with E-state index in [1.54, 1.807) is 0 Å². The molecule has 0 fully saturated rings. The molecular formula is C11H15N3S. The number of nitrogens with zero attached hydrogens (tertiary/aromatic N) is 2. The smallest absolute Gasteiger partial charge is 0.133 e. The van der Waals surface area contributed by atoms with Gasteiger partial charge >= 0.3 is 0 Å². The Morgan fingerprint density at radius 1 is 1.40 bits per heavy atom. The third kappa shape index (κ3) is 2.26. The number of nitrogens with two attached hydrogens (primary N) is 1. The van der Waals surface area contributed by atoms with E-state index in [0.29, 0.717) is 5.00 Å². The number of anilines is 1. The van der Waals surface area contributed by atoms with Crippen molar-refractivity contribution in [2.24, 2.45) is 0 Å². The number of pyridine rings is 1. The lowest BCUT2D eigenvalue weighted by Gasteiger charge is -1.99. The van der Waals surface area contributed by atoms with Gasteiger partial charge in [-0.25, -0.2) is 0 Å². The minimum atomic E-state index is 0.713. The molecule has 3 nitrogen and oxygen atoms in total. The molecule has 0 radical (unpaired) electrons. The highest BCUT2D eigenvalue weighted by Crippen LogP contribution is 2.23. The topological polar surface area (TPSA) is 51.8 Å². The van der Waals surface area contributed by atoms with Crippen LogP contribution in [-0.4, -0.2) is 9.36 Å². The van der Waals surface area contributed by atoms with Crippen molar-refractivity contribution in [3.63, 3.8) is 0 Å². The summed E-state index contributed by atoms with van der Waals surface area (Å²) in [6.45, 7) is 2.21. The molecule has 0 aromatic carbocycles. The van der Waals surface area contributed by atoms with E-state index in [2.05, 4.69) is 22.3 Å². The van der Waals surface area contributed by atoms with Crippen LogP contribution in [0.4, 0.5) is 5.00 Å². The molecule has 0 aliphatic rings. The van der Waals surface area contributed by atoms with Crippen LogP contribution in [0.2, 0.25) is 0 Å². The Bertz CT molecular complexity index is 450. The summed E-state index contributed by atoms with van der Waals surface area (Å²) in [6, 6.07) is 2.10. The van der Waals surface area contributed by atoms with Gasteiger partial charge in [-0.3, -0.25) is 4.98 Å². The van der Waals surface area contributed by atoms with Crippen molar-refractivity contribution in [1.82, 2.24) is 9.36 Å². The van der Waals surface area contributed by atoms with Gasteiger partial charge in [0.25, 0.3) is 0 Å². The lowest BCUT2D eigenvalue weighted by atomic mass is 10.1. The summed E-state index contributed by atoms with van der Waals surface area (Å²) < 4.78 is 4.26. The summed E-state index contributed by atoms with van der Waals surface area (Å²) in [6.07, 6.45) is 6.76. The van der Waals surface area contributed by atoms with Crippen molar-refractivity contribution in [2.75, 3.05) is 5.73 Å². The molecule has 0 saturated carbocycles. The molecule has 2 rings (SSSR count). The Balaban J connectivity index is 2.16. The molecule has 0 unspecified atom stereocenters. The zero-order valence-electron chi connectivity index (χ0n) is 8.86. The van der Waals surface area contributed by atoms with Gasteiger partial charge in [-0.2, -0.15) is 4.37 Å². The van der Waals surface area contributed by atoms with E-state index < -0.39 is 0 Å². The highest BCUT2D eigenvalue weighted by atomic mass is 32.1. The van der Waals surface area contributed by atoms with Gasteiger partial charge in [0.2, 0.25) is 0 Å². The van der Waals surface area contributed by atoms with Crippen LogP contribution < -0.4 is 5.73 Å². The highest BCUT2D eigenvalue weighted by Gasteiger charge is 2.04. The Morgan fingerprint density at radius 2 is 2.27 bits per heavy atom. The van der Waals surface area contributed by atoms with Gasteiger partial charge in [-0.15, -0.1) is 0 Å². The molecule has 2 aromatic rings. The molecule has 15 heavy (non-hydrogen) atoms. The van der Waals surface area contributed by atoms with Crippen LogP contribution in [0.5, 0.6) is 0 Å². The van der Waals surface area contributed by atoms with Crippen LogP contribution in [0, 0.1) is 0 Å². The van der Waals surface area contributed by atoms with Gasteiger partial charge in [0, 0.05) is 6.20 Å². The Hall–Kier alpha value is -1.16. The summed E-state index contributed by atoms with van der Waals surface area (Å²) in [5.74, 6) is 0. The van der Waals surface area contributed by atoms with Crippen molar-refractivity contribution in [3.8, 4) is 0 Å². The van der Waals surface area contributed by atoms with Crippen LogP contribution in [0.3, 0.4) is 0 Å². The minimum Gasteiger partial charge on any atom is -0.388 e. The highest BCUT2D eigenvalue weighted by molar-refractivity contribution is 7.11. The third-order valence-electron chi connectivity index (χ3n) is 2.47. The van der Waals surface area contributed by atoms with Gasteiger partial charge < -0.3 is 5.73 Å². The maximum absolute atomic E-state index is 5.74. The molecule has 80 valence electrons. The SMILES string of the molecule is CCCCCc1cnc2c(N)snc2c1. The Labute approximate surface area is 93.5 Å². The van der Waals surface area contributed by atoms with Gasteiger partial charge in [0.15, 0.2) is 0 Å². The first-order chi connectivity index (χ1) is 7.31. The van der Waals surface area contributed by atoms with Crippen molar-refractivity contribution < 1.29 is 0 Å². The largest absolute Gasteiger partial charge is 0.388 e. The first-order valence-electron chi connectivity index (χ1n) is 5.31. The number of hydrogen-bond acceptors (Lipinski definition) is 4. The zero-order chi connectivity index (χ0) is 10.7. The van der Waals surface area contributed by atoms with E-state index in [0.717, 1.165) is 17.5 Å². The molecule has 2 aromatic heterocycles. The van der Waals surface area contributed by atoms with Crippen molar-refractivity contribution in [1.29, 1.82) is 0 Å². The minimum absolute atomic E-state index is 0.713. The molecule has 0 amide bonds. The number of hydrogen-bond donors (Lipinski definition) is 1. The lowest BCUT2D eigenvalue weighted by molar-refractivity contribution is 0.716. The predicted octanol–water partition coefficient (Wildman–Crippen LogP) is 3.01. The number of aromatic nitrogens is 2. The lowest BCUT2D eigenvalue weighted by Crippen LogP contribution is -1.88. The maximum Gasteiger partial charge on any atom is 0.133 e. The molecule has 2 N–H and O–H groups in total. The van der Waals surface area contributed by atoms with E-state index in [4.69, 9.17) is 5.73 Å². The average molecular weight is 221 g/mol. The molecule has 0 aliphatic heterocycles. The standard InChI is InChI=1S/C11H15N3S/c1-2-3-4-5-8-6-9-10(13-7-8)11(12)15-14-9/h6-7H,2-5,12H2,1H3. The molecule has 0 aliphatic carbocycles. The number of nitrogen functional groups attached to an aromatic ring is 1. The quantitative estimate of drug-likeness (QED) is 0.807. The van der Waals surface area contributed by atoms with Crippen LogP contribution in [0.15, 0.2) is 12.3 Å². The second kappa shape index (κ2) is 4.57. The van der Waals surface area contributed by atoms with Crippen molar-refractivity contribution in [3.05, 3.63) is 17.8 Å². The third-order valence-corrected chi connectivity index (χ3v) is 3.15. The summed E-state index contributed by atoms with van der Waals surface area (Å²) in [5, 5.41) is 0.713. The van der Waals surface area contributed by atoms with Gasteiger partial charge in [0.1, 0.15) is 16.0 Å². The second-order valence-corrected chi connectivity index (χ2v) is 4.52. The number of fused-ring (bicyclic) bond motifs is 1. The Kier molecular flexibility index (Phi) is 3.16. The number of aryl methyl sites for hydroxylation is 1. The summed E-state index contributed by atoms with van der Waals surface area (Å²) in [4.78, 5) is 4.34. The van der Waals surface area contributed by atoms with Gasteiger partial charge in [-0.05, 0) is 36.0 Å². The molecule has 2 heterocycles. The summed E-state index contributed by atoms with van der Waals surface area (Å²) in [5.41, 5.74) is 8.79. The fraction of sp³-hybridized carbons (Fsp3) is 0.455. The van der Waals surface area contributed by atoms with E-state index in [9.17, 15) is 0 Å². The molecule has 0 atom stereocenters. The Morgan fingerprint density at radius 3 is 3.07 bits per heavy atom. The maximum atomic E-state index is 5.74. The van der Waals surface area contributed by atoms with Crippen molar-refractivity contribution in [2.45, 2.75) is 32.6 Å². The van der Waals surface area contributed by atoms with Gasteiger partial charge in [0.05, 0.1) is 0 Å². The fourth-order valence-corrected chi connectivity index (χ4v) is 2.19. The van der Waals surface area contributed by atoms with E-state index in [1.807, 2.05) is 6.20 Å². The first-order valence-corrected chi connectivity index (χ1v) is 6.08. The monoisotopic (exact) mass is 221 g/mol. The van der Waals surface area contributed by atoms with Crippen molar-refractivity contribution >= 4 is 27.6 Å². The fourth-order valence-electron chi connectivity index (χ4n) is 1.61. The van der Waals surface area contributed by atoms with E-state index in [-0.39, 0.29) is 0 Å². The zero-order valence-corrected chi connectivity index (χ0v) is 9.68. The summed E-state index contributed by atoms with van der Waals surface area (Å²) in [7, 11) is 0. The van der Waals surface area contributed by atoms with Crippen LogP contribution in [0.25, 0.3) is 11.0 Å². The van der Waals surface area contributed by atoms with Crippen LogP contribution >= 0.6 is 11.5 Å². The number of unbranched alkanes of at least 4 members (excludes halogenated alkanes) is 2. The molecule has 4 heteroatoms. The molecule has 0 saturated heterocycles. The summed E-state index contributed by atoms with van der Waals surface area (Å²) >= 11 is 1.32. The van der Waals surface area contributed by atoms with E-state index in [1.165, 1.54) is 36.4 Å². The first kappa shape index (κ1) is 10.4. The average Bonchev–Trinajstić information content (AvgIpc) is 2.61. The molecular weight excluding hydrogens is 206 g/mol. The number of rotatable bonds is 4. The second-order valence-electron chi connectivity index (χ2n) is 3.72. The van der Waals surface area contributed by atoms with Gasteiger partial charge in [-0.1, -0.05) is 19.8 Å². The molecule has 0 bridgehead atoms. The predicted molar refractivity (Wildman–Crippen MR) is 65.1 cm³/mol. The van der Waals surface area contributed by atoms with E-state index >= 15 is 0 Å². The van der Waals surface area contributed by atoms with Crippen LogP contribution in [0.1, 0.15) is 31.7 Å². The molecule has 0 spiro atoms. The normalized spacial score (nSPS) is 11.0.